The van der Waals surface area contributed by atoms with E-state index >= 15 is 0 Å². The van der Waals surface area contributed by atoms with Crippen LogP contribution in [0.1, 0.15) is 5.56 Å². The standard InChI is InChI=1S/C8H10N4OS/c9-11-8(14)12-10-5-6-3-1-2-4-7(6)13/h1-5,13H,9H2,(H2,11,12,14)/b10-5-. The van der Waals surface area contributed by atoms with E-state index in [0.717, 1.165) is 0 Å². The second kappa shape index (κ2) is 5.15. The molecule has 0 saturated heterocycles. The molecule has 5 nitrogen and oxygen atoms in total. The van der Waals surface area contributed by atoms with Crippen LogP contribution in [0.5, 0.6) is 5.75 Å². The second-order valence-corrected chi connectivity index (χ2v) is 2.81. The molecule has 0 unspecified atom stereocenters. The molecule has 0 bridgehead atoms. The number of nitrogens with one attached hydrogen (secondary N) is 2. The van der Waals surface area contributed by atoms with Gasteiger partial charge < -0.3 is 5.11 Å². The highest BCUT2D eigenvalue weighted by atomic mass is 32.1. The van der Waals surface area contributed by atoms with Crippen LogP contribution in [-0.2, 0) is 0 Å². The van der Waals surface area contributed by atoms with Gasteiger partial charge in [0, 0.05) is 5.56 Å². The first kappa shape index (κ1) is 10.4. The lowest BCUT2D eigenvalue weighted by Crippen LogP contribution is -2.37. The summed E-state index contributed by atoms with van der Waals surface area (Å²) in [5.41, 5.74) is 5.27. The first-order valence-electron chi connectivity index (χ1n) is 3.81. The van der Waals surface area contributed by atoms with Gasteiger partial charge in [0.25, 0.3) is 0 Å². The Bertz CT molecular complexity index is 353. The van der Waals surface area contributed by atoms with Crippen LogP contribution in [0.2, 0.25) is 0 Å². The molecule has 1 aromatic rings. The number of hydrogen-bond donors (Lipinski definition) is 4. The summed E-state index contributed by atoms with van der Waals surface area (Å²) in [6.45, 7) is 0. The monoisotopic (exact) mass is 210 g/mol. The molecule has 74 valence electrons. The topological polar surface area (TPSA) is 82.7 Å². The van der Waals surface area contributed by atoms with E-state index in [9.17, 15) is 5.11 Å². The van der Waals surface area contributed by atoms with Crippen LogP contribution < -0.4 is 16.7 Å². The van der Waals surface area contributed by atoms with Crippen LogP contribution in [0.15, 0.2) is 29.4 Å². The molecule has 0 aliphatic carbocycles. The minimum absolute atomic E-state index is 0.157. The van der Waals surface area contributed by atoms with Crippen molar-refractivity contribution in [3.63, 3.8) is 0 Å². The van der Waals surface area contributed by atoms with Gasteiger partial charge in [-0.3, -0.25) is 10.9 Å². The van der Waals surface area contributed by atoms with E-state index in [2.05, 4.69) is 28.2 Å². The van der Waals surface area contributed by atoms with Gasteiger partial charge in [0.1, 0.15) is 5.75 Å². The molecular formula is C8H10N4OS. The molecule has 0 aromatic heterocycles. The van der Waals surface area contributed by atoms with Crippen LogP contribution in [0.4, 0.5) is 0 Å². The maximum absolute atomic E-state index is 9.34. The number of rotatable bonds is 2. The maximum atomic E-state index is 9.34. The number of phenols is 1. The number of hydrazone groups is 1. The number of nitrogens with zero attached hydrogens (tertiary/aromatic N) is 1. The molecule has 1 aromatic carbocycles. The van der Waals surface area contributed by atoms with Crippen molar-refractivity contribution in [2.75, 3.05) is 0 Å². The van der Waals surface area contributed by atoms with E-state index in [4.69, 9.17) is 5.84 Å². The summed E-state index contributed by atoms with van der Waals surface area (Å²) < 4.78 is 0. The molecular weight excluding hydrogens is 200 g/mol. The highest BCUT2D eigenvalue weighted by molar-refractivity contribution is 7.80. The van der Waals surface area contributed by atoms with Crippen molar-refractivity contribution in [1.82, 2.24) is 10.9 Å². The quantitative estimate of drug-likeness (QED) is 0.240. The number of thiocarbonyl (C=S) groups is 1. The Kier molecular flexibility index (Phi) is 3.84. The molecule has 14 heavy (non-hydrogen) atoms. The fourth-order valence-electron chi connectivity index (χ4n) is 0.789. The first-order valence-corrected chi connectivity index (χ1v) is 4.22. The van der Waals surface area contributed by atoms with Crippen molar-refractivity contribution in [3.05, 3.63) is 29.8 Å². The normalized spacial score (nSPS) is 10.1. The van der Waals surface area contributed by atoms with Gasteiger partial charge in [0.15, 0.2) is 0 Å². The number of benzene rings is 1. The highest BCUT2D eigenvalue weighted by Crippen LogP contribution is 2.12. The number of para-hydroxylation sites is 1. The lowest BCUT2D eigenvalue weighted by Gasteiger charge is -2.00. The Labute approximate surface area is 86.6 Å². The summed E-state index contributed by atoms with van der Waals surface area (Å²) in [6.07, 6.45) is 1.44. The summed E-state index contributed by atoms with van der Waals surface area (Å²) in [5, 5.41) is 13.3. The Hall–Kier alpha value is -1.66. The summed E-state index contributed by atoms with van der Waals surface area (Å²) in [7, 11) is 0. The second-order valence-electron chi connectivity index (χ2n) is 2.40. The lowest BCUT2D eigenvalue weighted by atomic mass is 10.2. The molecule has 0 radical (unpaired) electrons. The Balaban J connectivity index is 2.60. The lowest BCUT2D eigenvalue weighted by molar-refractivity contribution is 0.474. The van der Waals surface area contributed by atoms with Gasteiger partial charge in [0.05, 0.1) is 6.21 Å². The molecule has 6 heteroatoms. The van der Waals surface area contributed by atoms with E-state index in [1.54, 1.807) is 24.3 Å². The molecule has 0 saturated carbocycles. The van der Waals surface area contributed by atoms with E-state index in [1.807, 2.05) is 0 Å². The molecule has 0 fully saturated rings. The third kappa shape index (κ3) is 3.00. The average molecular weight is 210 g/mol. The van der Waals surface area contributed by atoms with Crippen molar-refractivity contribution in [2.24, 2.45) is 10.9 Å². The Morgan fingerprint density at radius 2 is 2.21 bits per heavy atom. The van der Waals surface area contributed by atoms with Gasteiger partial charge in [-0.05, 0) is 24.4 Å². The van der Waals surface area contributed by atoms with Crippen molar-refractivity contribution in [1.29, 1.82) is 0 Å². The fraction of sp³-hybridized carbons (Fsp3) is 0. The van der Waals surface area contributed by atoms with Crippen molar-refractivity contribution in [2.45, 2.75) is 0 Å². The zero-order valence-corrected chi connectivity index (χ0v) is 8.08. The van der Waals surface area contributed by atoms with Crippen molar-refractivity contribution in [3.8, 4) is 5.75 Å². The summed E-state index contributed by atoms with van der Waals surface area (Å²) in [4.78, 5) is 0. The zero-order valence-electron chi connectivity index (χ0n) is 7.27. The Morgan fingerprint density at radius 3 is 2.86 bits per heavy atom. The number of hydrogen-bond acceptors (Lipinski definition) is 4. The first-order chi connectivity index (χ1) is 6.74. The van der Waals surface area contributed by atoms with Gasteiger partial charge in [-0.25, -0.2) is 5.84 Å². The number of nitrogens with two attached hydrogens (primary N) is 1. The molecule has 0 atom stereocenters. The predicted octanol–water partition coefficient (Wildman–Crippen LogP) is 0.0639. The minimum atomic E-state index is 0.157. The van der Waals surface area contributed by atoms with E-state index in [0.29, 0.717) is 5.56 Å². The van der Waals surface area contributed by atoms with Gasteiger partial charge in [-0.15, -0.1) is 0 Å². The molecule has 0 spiro atoms. The number of hydrazine groups is 1. The van der Waals surface area contributed by atoms with Gasteiger partial charge in [0.2, 0.25) is 5.11 Å². The maximum Gasteiger partial charge on any atom is 0.201 e. The molecule has 0 aliphatic rings. The Morgan fingerprint density at radius 1 is 1.50 bits per heavy atom. The fourth-order valence-corrected chi connectivity index (χ4v) is 0.842. The predicted molar refractivity (Wildman–Crippen MR) is 58.8 cm³/mol. The van der Waals surface area contributed by atoms with Crippen LogP contribution in [0, 0.1) is 0 Å². The molecule has 5 N–H and O–H groups in total. The third-order valence-electron chi connectivity index (χ3n) is 1.44. The SMILES string of the molecule is NNC(=S)N/N=C\c1ccccc1O. The number of aromatic hydroxyl groups is 1. The van der Waals surface area contributed by atoms with Crippen LogP contribution in [0.3, 0.4) is 0 Å². The van der Waals surface area contributed by atoms with Gasteiger partial charge >= 0.3 is 0 Å². The van der Waals surface area contributed by atoms with E-state index in [-0.39, 0.29) is 10.9 Å². The zero-order chi connectivity index (χ0) is 10.4. The van der Waals surface area contributed by atoms with Crippen LogP contribution in [0.25, 0.3) is 0 Å². The molecule has 0 amide bonds. The summed E-state index contributed by atoms with van der Waals surface area (Å²) in [6, 6.07) is 6.81. The third-order valence-corrected chi connectivity index (χ3v) is 1.65. The van der Waals surface area contributed by atoms with E-state index < -0.39 is 0 Å². The van der Waals surface area contributed by atoms with Gasteiger partial charge in [-0.2, -0.15) is 5.10 Å². The van der Waals surface area contributed by atoms with Crippen LogP contribution >= 0.6 is 12.2 Å². The van der Waals surface area contributed by atoms with E-state index in [1.165, 1.54) is 6.21 Å². The average Bonchev–Trinajstić information content (AvgIpc) is 2.20. The van der Waals surface area contributed by atoms with Crippen molar-refractivity contribution < 1.29 is 5.11 Å². The van der Waals surface area contributed by atoms with Crippen LogP contribution in [-0.4, -0.2) is 16.4 Å². The summed E-state index contributed by atoms with van der Waals surface area (Å²) in [5.74, 6) is 5.16. The van der Waals surface area contributed by atoms with Crippen molar-refractivity contribution >= 4 is 23.5 Å². The molecule has 0 heterocycles. The smallest absolute Gasteiger partial charge is 0.201 e. The minimum Gasteiger partial charge on any atom is -0.507 e. The molecule has 1 rings (SSSR count). The molecule has 0 aliphatic heterocycles. The number of phenolic OH excluding ortho intramolecular Hbond substituents is 1. The largest absolute Gasteiger partial charge is 0.507 e. The summed E-state index contributed by atoms with van der Waals surface area (Å²) >= 11 is 4.68. The van der Waals surface area contributed by atoms with Gasteiger partial charge in [-0.1, -0.05) is 12.1 Å². The highest BCUT2D eigenvalue weighted by Gasteiger charge is 1.94.